The zero-order valence-corrected chi connectivity index (χ0v) is 6.96. The van der Waals surface area contributed by atoms with Gasteiger partial charge >= 0.3 is 0 Å². The highest BCUT2D eigenvalue weighted by molar-refractivity contribution is 5.75. The number of rotatable bonds is 2. The molecule has 0 saturated heterocycles. The van der Waals surface area contributed by atoms with E-state index < -0.39 is 0 Å². The van der Waals surface area contributed by atoms with Gasteiger partial charge in [-0.05, 0) is 18.4 Å². The molecule has 1 heteroatoms. The van der Waals surface area contributed by atoms with Gasteiger partial charge in [-0.3, -0.25) is 4.99 Å². The summed E-state index contributed by atoms with van der Waals surface area (Å²) in [4.78, 5) is 4.45. The van der Waals surface area contributed by atoms with E-state index in [0.29, 0.717) is 5.92 Å². The highest BCUT2D eigenvalue weighted by Crippen LogP contribution is 2.29. The van der Waals surface area contributed by atoms with Gasteiger partial charge in [-0.1, -0.05) is 26.8 Å². The minimum atomic E-state index is 0.125. The van der Waals surface area contributed by atoms with Crippen molar-refractivity contribution in [3.8, 4) is 0 Å². The average Bonchev–Trinajstić information content (AvgIpc) is 2.35. The molecule has 0 aromatic carbocycles. The Kier molecular flexibility index (Phi) is 1.93. The molecule has 0 fully saturated rings. The number of aliphatic imine (C=N–C) groups is 1. The Labute approximate surface area is 62.9 Å². The molecule has 0 saturated carbocycles. The fraction of sp³-hybridized carbons (Fsp3) is 0.667. The summed E-state index contributed by atoms with van der Waals surface area (Å²) in [5, 5.41) is 0. The first-order valence-electron chi connectivity index (χ1n) is 3.94. The SMILES string of the molecule is CCC1(C(C)C)C=CC=N1. The van der Waals surface area contributed by atoms with Crippen LogP contribution in [0.1, 0.15) is 27.2 Å². The molecule has 1 heterocycles. The molecule has 1 rings (SSSR count). The Balaban J connectivity index is 2.79. The molecule has 0 aromatic rings. The molecular weight excluding hydrogens is 122 g/mol. The van der Waals surface area contributed by atoms with Gasteiger partial charge in [0.05, 0.1) is 5.54 Å². The predicted octanol–water partition coefficient (Wildman–Crippen LogP) is 2.43. The Morgan fingerprint density at radius 2 is 2.20 bits per heavy atom. The molecular formula is C9H15N. The van der Waals surface area contributed by atoms with Crippen molar-refractivity contribution in [3.63, 3.8) is 0 Å². The van der Waals surface area contributed by atoms with Gasteiger partial charge in [0, 0.05) is 6.21 Å². The van der Waals surface area contributed by atoms with Crippen molar-refractivity contribution in [1.82, 2.24) is 0 Å². The highest BCUT2D eigenvalue weighted by atomic mass is 14.9. The van der Waals surface area contributed by atoms with E-state index >= 15 is 0 Å². The van der Waals surface area contributed by atoms with Crippen molar-refractivity contribution >= 4 is 6.21 Å². The summed E-state index contributed by atoms with van der Waals surface area (Å²) < 4.78 is 0. The maximum Gasteiger partial charge on any atom is 0.0811 e. The summed E-state index contributed by atoms with van der Waals surface area (Å²) in [6, 6.07) is 0. The lowest BCUT2D eigenvalue weighted by atomic mass is 9.85. The van der Waals surface area contributed by atoms with Crippen LogP contribution in [0.15, 0.2) is 17.1 Å². The molecule has 0 N–H and O–H groups in total. The number of hydrogen-bond donors (Lipinski definition) is 0. The Morgan fingerprint density at radius 3 is 2.40 bits per heavy atom. The van der Waals surface area contributed by atoms with Crippen LogP contribution in [0.5, 0.6) is 0 Å². The first-order chi connectivity index (χ1) is 4.71. The van der Waals surface area contributed by atoms with Crippen molar-refractivity contribution in [2.24, 2.45) is 10.9 Å². The summed E-state index contributed by atoms with van der Waals surface area (Å²) in [5.41, 5.74) is 0.125. The van der Waals surface area contributed by atoms with Gasteiger partial charge in [-0.15, -0.1) is 0 Å². The van der Waals surface area contributed by atoms with E-state index in [2.05, 4.69) is 31.8 Å². The summed E-state index contributed by atoms with van der Waals surface area (Å²) in [5.74, 6) is 0.618. The Hall–Kier alpha value is -0.590. The number of nitrogens with zero attached hydrogens (tertiary/aromatic N) is 1. The zero-order chi connectivity index (χ0) is 7.61. The molecule has 0 aromatic heterocycles. The molecule has 1 aliphatic rings. The first kappa shape index (κ1) is 7.52. The van der Waals surface area contributed by atoms with E-state index in [1.54, 1.807) is 0 Å². The third kappa shape index (κ3) is 1.00. The van der Waals surface area contributed by atoms with Crippen LogP contribution in [-0.2, 0) is 0 Å². The topological polar surface area (TPSA) is 12.4 Å². The summed E-state index contributed by atoms with van der Waals surface area (Å²) >= 11 is 0. The van der Waals surface area contributed by atoms with Crippen LogP contribution in [0, 0.1) is 5.92 Å². The fourth-order valence-electron chi connectivity index (χ4n) is 1.39. The van der Waals surface area contributed by atoms with Crippen LogP contribution in [0.2, 0.25) is 0 Å². The van der Waals surface area contributed by atoms with Gasteiger partial charge < -0.3 is 0 Å². The second-order valence-corrected chi connectivity index (χ2v) is 3.14. The van der Waals surface area contributed by atoms with Crippen molar-refractivity contribution < 1.29 is 0 Å². The molecule has 0 radical (unpaired) electrons. The van der Waals surface area contributed by atoms with Gasteiger partial charge in [0.25, 0.3) is 0 Å². The first-order valence-corrected chi connectivity index (χ1v) is 3.94. The van der Waals surface area contributed by atoms with E-state index in [-0.39, 0.29) is 5.54 Å². The molecule has 1 aliphatic heterocycles. The third-order valence-electron chi connectivity index (χ3n) is 2.35. The lowest BCUT2D eigenvalue weighted by Crippen LogP contribution is -2.27. The molecule has 1 unspecified atom stereocenters. The van der Waals surface area contributed by atoms with E-state index in [4.69, 9.17) is 0 Å². The second kappa shape index (κ2) is 2.57. The third-order valence-corrected chi connectivity index (χ3v) is 2.35. The lowest BCUT2D eigenvalue weighted by Gasteiger charge is -2.26. The van der Waals surface area contributed by atoms with Gasteiger partial charge in [0.1, 0.15) is 0 Å². The minimum absolute atomic E-state index is 0.125. The largest absolute Gasteiger partial charge is 0.282 e. The fourth-order valence-corrected chi connectivity index (χ4v) is 1.39. The van der Waals surface area contributed by atoms with Gasteiger partial charge in [0.15, 0.2) is 0 Å². The van der Waals surface area contributed by atoms with Gasteiger partial charge in [0.2, 0.25) is 0 Å². The van der Waals surface area contributed by atoms with Crippen molar-refractivity contribution in [1.29, 1.82) is 0 Å². The van der Waals surface area contributed by atoms with Gasteiger partial charge in [-0.2, -0.15) is 0 Å². The van der Waals surface area contributed by atoms with Crippen LogP contribution in [-0.4, -0.2) is 11.8 Å². The lowest BCUT2D eigenvalue weighted by molar-refractivity contribution is 0.382. The Morgan fingerprint density at radius 1 is 1.50 bits per heavy atom. The van der Waals surface area contributed by atoms with Crippen LogP contribution in [0.4, 0.5) is 0 Å². The van der Waals surface area contributed by atoms with Crippen molar-refractivity contribution in [3.05, 3.63) is 12.2 Å². The summed E-state index contributed by atoms with van der Waals surface area (Å²) in [6.07, 6.45) is 7.27. The molecule has 10 heavy (non-hydrogen) atoms. The van der Waals surface area contributed by atoms with E-state index in [0.717, 1.165) is 6.42 Å². The normalized spacial score (nSPS) is 30.4. The minimum Gasteiger partial charge on any atom is -0.282 e. The maximum atomic E-state index is 4.45. The number of hydrogen-bond acceptors (Lipinski definition) is 1. The average molecular weight is 137 g/mol. The van der Waals surface area contributed by atoms with Crippen LogP contribution in [0.25, 0.3) is 0 Å². The molecule has 0 amide bonds. The predicted molar refractivity (Wildman–Crippen MR) is 45.5 cm³/mol. The smallest absolute Gasteiger partial charge is 0.0811 e. The molecule has 0 spiro atoms. The van der Waals surface area contributed by atoms with Crippen LogP contribution in [0.3, 0.4) is 0 Å². The van der Waals surface area contributed by atoms with Crippen molar-refractivity contribution in [2.45, 2.75) is 32.7 Å². The van der Waals surface area contributed by atoms with E-state index in [9.17, 15) is 0 Å². The quantitative estimate of drug-likeness (QED) is 0.554. The number of allylic oxidation sites excluding steroid dienone is 1. The van der Waals surface area contributed by atoms with Crippen molar-refractivity contribution in [2.75, 3.05) is 0 Å². The van der Waals surface area contributed by atoms with Gasteiger partial charge in [-0.25, -0.2) is 0 Å². The summed E-state index contributed by atoms with van der Waals surface area (Å²) in [6.45, 7) is 6.62. The molecule has 0 bridgehead atoms. The Bertz CT molecular complexity index is 154. The van der Waals surface area contributed by atoms with Crippen LogP contribution >= 0.6 is 0 Å². The monoisotopic (exact) mass is 137 g/mol. The molecule has 1 nitrogen and oxygen atoms in total. The highest BCUT2D eigenvalue weighted by Gasteiger charge is 2.28. The van der Waals surface area contributed by atoms with E-state index in [1.807, 2.05) is 12.3 Å². The summed E-state index contributed by atoms with van der Waals surface area (Å²) in [7, 11) is 0. The van der Waals surface area contributed by atoms with E-state index in [1.165, 1.54) is 0 Å². The molecule has 0 aliphatic carbocycles. The zero-order valence-electron chi connectivity index (χ0n) is 6.96. The van der Waals surface area contributed by atoms with Crippen LogP contribution < -0.4 is 0 Å². The molecule has 56 valence electrons. The molecule has 1 atom stereocenters. The standard InChI is InChI=1S/C9H15N/c1-4-9(8(2)3)6-5-7-10-9/h5-8H,4H2,1-3H3. The maximum absolute atomic E-state index is 4.45. The second-order valence-electron chi connectivity index (χ2n) is 3.14.